The second-order valence-corrected chi connectivity index (χ2v) is 7.83. The third kappa shape index (κ3) is 6.08. The predicted molar refractivity (Wildman–Crippen MR) is 111 cm³/mol. The quantitative estimate of drug-likeness (QED) is 0.799. The SMILES string of the molecule is CC(=O)Nc1ccc(CN2CCC[C@](O)(COc3ccc(C)cc3)CC2)cc1. The van der Waals surface area contributed by atoms with Crippen molar-refractivity contribution < 1.29 is 14.6 Å². The summed E-state index contributed by atoms with van der Waals surface area (Å²) >= 11 is 0. The molecule has 2 aromatic carbocycles. The monoisotopic (exact) mass is 382 g/mol. The molecule has 0 unspecified atom stereocenters. The minimum absolute atomic E-state index is 0.0626. The maximum Gasteiger partial charge on any atom is 0.221 e. The fraction of sp³-hybridized carbons (Fsp3) is 0.435. The molecule has 1 fully saturated rings. The molecule has 1 amide bonds. The number of amides is 1. The van der Waals surface area contributed by atoms with E-state index in [1.54, 1.807) is 0 Å². The van der Waals surface area contributed by atoms with Crippen LogP contribution in [0.4, 0.5) is 5.69 Å². The molecule has 2 N–H and O–H groups in total. The number of ether oxygens (including phenoxy) is 1. The number of benzene rings is 2. The van der Waals surface area contributed by atoms with Crippen LogP contribution >= 0.6 is 0 Å². The lowest BCUT2D eigenvalue weighted by Crippen LogP contribution is -2.37. The number of nitrogens with zero attached hydrogens (tertiary/aromatic N) is 1. The molecule has 0 spiro atoms. The summed E-state index contributed by atoms with van der Waals surface area (Å²) < 4.78 is 5.85. The van der Waals surface area contributed by atoms with Crippen LogP contribution in [0.15, 0.2) is 48.5 Å². The zero-order valence-corrected chi connectivity index (χ0v) is 16.8. The average Bonchev–Trinajstić information content (AvgIpc) is 2.85. The molecule has 28 heavy (non-hydrogen) atoms. The van der Waals surface area contributed by atoms with Gasteiger partial charge in [-0.3, -0.25) is 9.69 Å². The van der Waals surface area contributed by atoms with Crippen LogP contribution in [0.5, 0.6) is 5.75 Å². The van der Waals surface area contributed by atoms with E-state index in [0.29, 0.717) is 13.0 Å². The van der Waals surface area contributed by atoms with E-state index in [9.17, 15) is 9.90 Å². The van der Waals surface area contributed by atoms with Crippen LogP contribution < -0.4 is 10.1 Å². The van der Waals surface area contributed by atoms with Crippen LogP contribution in [0, 0.1) is 6.92 Å². The van der Waals surface area contributed by atoms with Gasteiger partial charge in [0, 0.05) is 25.7 Å². The minimum Gasteiger partial charge on any atom is -0.491 e. The average molecular weight is 383 g/mol. The Hall–Kier alpha value is -2.37. The standard InChI is InChI=1S/C23H30N2O3/c1-18-4-10-22(11-5-18)28-17-23(27)12-3-14-25(15-13-23)16-20-6-8-21(9-7-20)24-19(2)26/h4-11,27H,3,12-17H2,1-2H3,(H,24,26)/t23-/m1/s1. The fourth-order valence-corrected chi connectivity index (χ4v) is 3.54. The summed E-state index contributed by atoms with van der Waals surface area (Å²) in [5.74, 6) is 0.742. The first-order valence-electron chi connectivity index (χ1n) is 9.93. The second kappa shape index (κ2) is 9.22. The first-order valence-corrected chi connectivity index (χ1v) is 9.93. The first-order chi connectivity index (χ1) is 13.4. The van der Waals surface area contributed by atoms with Gasteiger partial charge in [0.05, 0.1) is 5.60 Å². The molecule has 1 aliphatic rings. The number of nitrogens with one attached hydrogen (secondary N) is 1. The lowest BCUT2D eigenvalue weighted by molar-refractivity contribution is -0.114. The van der Waals surface area contributed by atoms with E-state index >= 15 is 0 Å². The van der Waals surface area contributed by atoms with Crippen molar-refractivity contribution in [1.82, 2.24) is 4.90 Å². The van der Waals surface area contributed by atoms with Crippen LogP contribution in [0.3, 0.4) is 0 Å². The van der Waals surface area contributed by atoms with Crippen LogP contribution in [0.2, 0.25) is 0 Å². The maximum atomic E-state index is 11.1. The van der Waals surface area contributed by atoms with Gasteiger partial charge in [0.25, 0.3) is 0 Å². The third-order valence-electron chi connectivity index (χ3n) is 5.22. The summed E-state index contributed by atoms with van der Waals surface area (Å²) in [6.07, 6.45) is 2.39. The number of carbonyl (C=O) groups excluding carboxylic acids is 1. The Morgan fingerprint density at radius 3 is 2.50 bits per heavy atom. The normalized spacial score (nSPS) is 20.4. The summed E-state index contributed by atoms with van der Waals surface area (Å²) in [7, 11) is 0. The Balaban J connectivity index is 1.50. The molecule has 1 saturated heterocycles. The molecule has 1 heterocycles. The van der Waals surface area contributed by atoms with Gasteiger partial charge in [0.1, 0.15) is 12.4 Å². The Morgan fingerprint density at radius 2 is 1.82 bits per heavy atom. The molecule has 1 atom stereocenters. The molecule has 0 saturated carbocycles. The Kier molecular flexibility index (Phi) is 6.70. The van der Waals surface area contributed by atoms with Crippen molar-refractivity contribution >= 4 is 11.6 Å². The molecule has 5 nitrogen and oxygen atoms in total. The van der Waals surface area contributed by atoms with Crippen molar-refractivity contribution in [2.24, 2.45) is 0 Å². The van der Waals surface area contributed by atoms with E-state index in [4.69, 9.17) is 4.74 Å². The van der Waals surface area contributed by atoms with Gasteiger partial charge in [0.15, 0.2) is 0 Å². The summed E-state index contributed by atoms with van der Waals surface area (Å²) in [5, 5.41) is 13.8. The van der Waals surface area contributed by atoms with E-state index in [-0.39, 0.29) is 5.91 Å². The predicted octanol–water partition coefficient (Wildman–Crippen LogP) is 3.75. The lowest BCUT2D eigenvalue weighted by atomic mass is 9.96. The summed E-state index contributed by atoms with van der Waals surface area (Å²) in [5.41, 5.74) is 2.43. The van der Waals surface area contributed by atoms with Gasteiger partial charge in [0.2, 0.25) is 5.91 Å². The van der Waals surface area contributed by atoms with Gasteiger partial charge in [-0.15, -0.1) is 0 Å². The summed E-state index contributed by atoms with van der Waals surface area (Å²) in [6, 6.07) is 15.9. The van der Waals surface area contributed by atoms with E-state index in [0.717, 1.165) is 43.9 Å². The molecule has 0 radical (unpaired) electrons. The van der Waals surface area contributed by atoms with Gasteiger partial charge < -0.3 is 15.2 Å². The van der Waals surface area contributed by atoms with Crippen molar-refractivity contribution in [3.8, 4) is 5.75 Å². The van der Waals surface area contributed by atoms with Crippen LogP contribution in [0.25, 0.3) is 0 Å². The molecule has 0 aromatic heterocycles. The zero-order chi connectivity index (χ0) is 20.0. The smallest absolute Gasteiger partial charge is 0.221 e. The molecular formula is C23H30N2O3. The lowest BCUT2D eigenvalue weighted by Gasteiger charge is -2.27. The minimum atomic E-state index is -0.783. The summed E-state index contributed by atoms with van der Waals surface area (Å²) in [4.78, 5) is 13.5. The summed E-state index contributed by atoms with van der Waals surface area (Å²) in [6.45, 7) is 6.52. The van der Waals surface area contributed by atoms with Gasteiger partial charge >= 0.3 is 0 Å². The van der Waals surface area contributed by atoms with Crippen LogP contribution in [-0.2, 0) is 11.3 Å². The maximum absolute atomic E-state index is 11.1. The highest BCUT2D eigenvalue weighted by atomic mass is 16.5. The van der Waals surface area contributed by atoms with Crippen molar-refractivity contribution in [2.75, 3.05) is 25.0 Å². The van der Waals surface area contributed by atoms with Gasteiger partial charge in [-0.1, -0.05) is 29.8 Å². The Morgan fingerprint density at radius 1 is 1.11 bits per heavy atom. The fourth-order valence-electron chi connectivity index (χ4n) is 3.54. The number of likely N-dealkylation sites (tertiary alicyclic amines) is 1. The molecule has 150 valence electrons. The molecule has 0 aliphatic carbocycles. The molecule has 2 aromatic rings. The molecule has 3 rings (SSSR count). The van der Waals surface area contributed by atoms with Crippen LogP contribution in [0.1, 0.15) is 37.3 Å². The highest BCUT2D eigenvalue weighted by Gasteiger charge is 2.31. The number of aryl methyl sites for hydroxylation is 1. The number of rotatable bonds is 6. The highest BCUT2D eigenvalue weighted by molar-refractivity contribution is 5.88. The molecule has 0 bridgehead atoms. The number of hydrogen-bond donors (Lipinski definition) is 2. The van der Waals surface area contributed by atoms with E-state index in [1.165, 1.54) is 18.1 Å². The molecular weight excluding hydrogens is 352 g/mol. The van der Waals surface area contributed by atoms with Crippen molar-refractivity contribution in [2.45, 2.75) is 45.3 Å². The van der Waals surface area contributed by atoms with E-state index in [1.807, 2.05) is 55.5 Å². The number of anilines is 1. The topological polar surface area (TPSA) is 61.8 Å². The zero-order valence-electron chi connectivity index (χ0n) is 16.8. The Labute approximate surface area is 167 Å². The van der Waals surface area contributed by atoms with Gasteiger partial charge in [-0.25, -0.2) is 0 Å². The van der Waals surface area contributed by atoms with E-state index in [2.05, 4.69) is 10.2 Å². The number of aliphatic hydroxyl groups is 1. The molecule has 5 heteroatoms. The number of hydrogen-bond acceptors (Lipinski definition) is 4. The number of carbonyl (C=O) groups is 1. The third-order valence-corrected chi connectivity index (χ3v) is 5.22. The Bertz CT molecular complexity index is 773. The molecule has 1 aliphatic heterocycles. The van der Waals surface area contributed by atoms with Crippen LogP contribution in [-0.4, -0.2) is 41.2 Å². The van der Waals surface area contributed by atoms with Gasteiger partial charge in [-0.2, -0.15) is 0 Å². The second-order valence-electron chi connectivity index (χ2n) is 7.83. The largest absolute Gasteiger partial charge is 0.491 e. The first kappa shape index (κ1) is 20.4. The van der Waals surface area contributed by atoms with Crippen molar-refractivity contribution in [3.05, 3.63) is 59.7 Å². The van der Waals surface area contributed by atoms with Gasteiger partial charge in [-0.05, 0) is 62.6 Å². The van der Waals surface area contributed by atoms with Crippen molar-refractivity contribution in [3.63, 3.8) is 0 Å². The van der Waals surface area contributed by atoms with Crippen molar-refractivity contribution in [1.29, 1.82) is 0 Å². The highest BCUT2D eigenvalue weighted by Crippen LogP contribution is 2.25. The van der Waals surface area contributed by atoms with E-state index < -0.39 is 5.60 Å².